The first-order valence-electron chi connectivity index (χ1n) is 6.41. The Hall–Kier alpha value is -1.95. The largest absolute Gasteiger partial charge is 0.423 e. The van der Waals surface area contributed by atoms with Crippen LogP contribution >= 0.6 is 11.3 Å². The van der Waals surface area contributed by atoms with Gasteiger partial charge in [0.1, 0.15) is 15.5 Å². The van der Waals surface area contributed by atoms with Crippen LogP contribution in [-0.2, 0) is 6.54 Å². The number of hydrogen-bond acceptors (Lipinski definition) is 6. The normalized spacial score (nSPS) is 11.2. The Bertz CT molecular complexity index is 762. The molecule has 0 fully saturated rings. The van der Waals surface area contributed by atoms with E-state index in [-0.39, 0.29) is 0 Å². The zero-order chi connectivity index (χ0) is 14.3. The average Bonchev–Trinajstić information content (AvgIpc) is 2.95. The number of aryl methyl sites for hydroxylation is 3. The third kappa shape index (κ3) is 2.38. The van der Waals surface area contributed by atoms with Crippen LogP contribution in [0.3, 0.4) is 0 Å². The number of rotatable bonds is 3. The van der Waals surface area contributed by atoms with Crippen LogP contribution in [0.1, 0.15) is 21.1 Å². The standard InChI is InChI=1S/C14H16N4OS/c1-8-5-9(2)13-11(6-8)15-14(19-13)18(4)7-12-17-16-10(3)20-12/h5-6H,7H2,1-4H3. The van der Waals surface area contributed by atoms with E-state index in [2.05, 4.69) is 28.2 Å². The van der Waals surface area contributed by atoms with E-state index >= 15 is 0 Å². The molecule has 0 atom stereocenters. The number of anilines is 1. The number of aromatic nitrogens is 3. The summed E-state index contributed by atoms with van der Waals surface area (Å²) in [6.07, 6.45) is 0. The predicted molar refractivity (Wildman–Crippen MR) is 80.2 cm³/mol. The molecule has 3 rings (SSSR count). The zero-order valence-electron chi connectivity index (χ0n) is 12.0. The summed E-state index contributed by atoms with van der Waals surface area (Å²) in [4.78, 5) is 6.51. The fourth-order valence-electron chi connectivity index (χ4n) is 2.20. The molecular formula is C14H16N4OS. The van der Waals surface area contributed by atoms with Crippen molar-refractivity contribution in [3.05, 3.63) is 33.3 Å². The molecule has 6 heteroatoms. The SMILES string of the molecule is Cc1cc(C)c2oc(N(C)Cc3nnc(C)s3)nc2c1. The lowest BCUT2D eigenvalue weighted by molar-refractivity contribution is 0.579. The molecule has 0 amide bonds. The van der Waals surface area contributed by atoms with Crippen molar-refractivity contribution in [2.75, 3.05) is 11.9 Å². The maximum atomic E-state index is 5.87. The predicted octanol–water partition coefficient (Wildman–Crippen LogP) is 3.24. The first kappa shape index (κ1) is 13.1. The molecule has 0 saturated carbocycles. The Morgan fingerprint density at radius 1 is 1.20 bits per heavy atom. The van der Waals surface area contributed by atoms with E-state index in [1.165, 1.54) is 5.56 Å². The molecule has 0 saturated heterocycles. The van der Waals surface area contributed by atoms with Crippen LogP contribution in [-0.4, -0.2) is 22.2 Å². The van der Waals surface area contributed by atoms with Crippen LogP contribution in [0, 0.1) is 20.8 Å². The summed E-state index contributed by atoms with van der Waals surface area (Å²) < 4.78 is 5.87. The molecule has 0 aliphatic rings. The smallest absolute Gasteiger partial charge is 0.298 e. The van der Waals surface area contributed by atoms with Gasteiger partial charge in [0, 0.05) is 7.05 Å². The second kappa shape index (κ2) is 4.86. The van der Waals surface area contributed by atoms with Crippen LogP contribution in [0.15, 0.2) is 16.5 Å². The van der Waals surface area contributed by atoms with Gasteiger partial charge < -0.3 is 9.32 Å². The summed E-state index contributed by atoms with van der Waals surface area (Å²) >= 11 is 1.59. The number of fused-ring (bicyclic) bond motifs is 1. The van der Waals surface area contributed by atoms with Crippen molar-refractivity contribution in [2.45, 2.75) is 27.3 Å². The maximum Gasteiger partial charge on any atom is 0.298 e. The molecule has 2 heterocycles. The minimum Gasteiger partial charge on any atom is -0.423 e. The molecule has 0 aliphatic carbocycles. The highest BCUT2D eigenvalue weighted by Crippen LogP contribution is 2.26. The van der Waals surface area contributed by atoms with Crippen molar-refractivity contribution in [2.24, 2.45) is 0 Å². The van der Waals surface area contributed by atoms with Gasteiger partial charge in [-0.2, -0.15) is 4.98 Å². The number of hydrogen-bond donors (Lipinski definition) is 0. The van der Waals surface area contributed by atoms with Gasteiger partial charge in [-0.05, 0) is 38.0 Å². The number of benzene rings is 1. The van der Waals surface area contributed by atoms with Crippen LogP contribution < -0.4 is 4.90 Å². The lowest BCUT2D eigenvalue weighted by Crippen LogP contribution is -2.16. The van der Waals surface area contributed by atoms with E-state index in [9.17, 15) is 0 Å². The molecule has 0 bridgehead atoms. The fraction of sp³-hybridized carbons (Fsp3) is 0.357. The summed E-state index contributed by atoms with van der Waals surface area (Å²) in [6.45, 7) is 6.70. The summed E-state index contributed by atoms with van der Waals surface area (Å²) in [7, 11) is 1.95. The first-order chi connectivity index (χ1) is 9.52. The molecule has 1 aromatic carbocycles. The van der Waals surface area contributed by atoms with Crippen LogP contribution in [0.2, 0.25) is 0 Å². The average molecular weight is 288 g/mol. The highest BCUT2D eigenvalue weighted by atomic mass is 32.1. The third-order valence-corrected chi connectivity index (χ3v) is 3.90. The summed E-state index contributed by atoms with van der Waals surface area (Å²) in [5.41, 5.74) is 4.06. The topological polar surface area (TPSA) is 55.1 Å². The van der Waals surface area contributed by atoms with E-state index in [1.807, 2.05) is 31.9 Å². The molecule has 2 aromatic heterocycles. The summed E-state index contributed by atoms with van der Waals surface area (Å²) in [5, 5.41) is 10.1. The van der Waals surface area contributed by atoms with Gasteiger partial charge in [-0.15, -0.1) is 10.2 Å². The highest BCUT2D eigenvalue weighted by molar-refractivity contribution is 7.11. The Balaban J connectivity index is 1.91. The summed E-state index contributed by atoms with van der Waals surface area (Å²) in [5.74, 6) is 0. The minimum absolute atomic E-state index is 0.613. The lowest BCUT2D eigenvalue weighted by Gasteiger charge is -2.11. The fourth-order valence-corrected chi connectivity index (χ4v) is 2.96. The van der Waals surface area contributed by atoms with Gasteiger partial charge in [-0.3, -0.25) is 0 Å². The van der Waals surface area contributed by atoms with Crippen molar-refractivity contribution >= 4 is 28.5 Å². The Morgan fingerprint density at radius 2 is 2.00 bits per heavy atom. The van der Waals surface area contributed by atoms with Crippen molar-refractivity contribution in [1.29, 1.82) is 0 Å². The van der Waals surface area contributed by atoms with Gasteiger partial charge in [0.2, 0.25) is 0 Å². The van der Waals surface area contributed by atoms with Crippen LogP contribution in [0.5, 0.6) is 0 Å². The van der Waals surface area contributed by atoms with Crippen molar-refractivity contribution in [3.8, 4) is 0 Å². The second-order valence-electron chi connectivity index (χ2n) is 5.00. The molecule has 0 N–H and O–H groups in total. The molecule has 0 unspecified atom stereocenters. The maximum absolute atomic E-state index is 5.87. The quantitative estimate of drug-likeness (QED) is 0.740. The minimum atomic E-state index is 0.613. The van der Waals surface area contributed by atoms with Crippen LogP contribution in [0.4, 0.5) is 6.01 Å². The number of oxazole rings is 1. The molecule has 0 aliphatic heterocycles. The highest BCUT2D eigenvalue weighted by Gasteiger charge is 2.14. The first-order valence-corrected chi connectivity index (χ1v) is 7.22. The Labute approximate surface area is 121 Å². The van der Waals surface area contributed by atoms with Crippen molar-refractivity contribution in [1.82, 2.24) is 15.2 Å². The third-order valence-electron chi connectivity index (χ3n) is 3.08. The van der Waals surface area contributed by atoms with Gasteiger partial charge in [0.15, 0.2) is 5.58 Å². The molecule has 5 nitrogen and oxygen atoms in total. The van der Waals surface area contributed by atoms with Crippen LogP contribution in [0.25, 0.3) is 11.1 Å². The molecule has 20 heavy (non-hydrogen) atoms. The van der Waals surface area contributed by atoms with Gasteiger partial charge in [-0.1, -0.05) is 17.4 Å². The van der Waals surface area contributed by atoms with Crippen molar-refractivity contribution in [3.63, 3.8) is 0 Å². The van der Waals surface area contributed by atoms with Gasteiger partial charge >= 0.3 is 0 Å². The Morgan fingerprint density at radius 3 is 2.70 bits per heavy atom. The zero-order valence-corrected chi connectivity index (χ0v) is 12.8. The van der Waals surface area contributed by atoms with Crippen molar-refractivity contribution < 1.29 is 4.42 Å². The Kier molecular flexibility index (Phi) is 3.17. The summed E-state index contributed by atoms with van der Waals surface area (Å²) in [6, 6.07) is 4.76. The van der Waals surface area contributed by atoms with E-state index < -0.39 is 0 Å². The monoisotopic (exact) mass is 288 g/mol. The van der Waals surface area contributed by atoms with Gasteiger partial charge in [-0.25, -0.2) is 0 Å². The molecule has 0 spiro atoms. The molecule has 104 valence electrons. The molecule has 0 radical (unpaired) electrons. The second-order valence-corrected chi connectivity index (χ2v) is 6.26. The molecule has 3 aromatic rings. The number of nitrogens with zero attached hydrogens (tertiary/aromatic N) is 4. The lowest BCUT2D eigenvalue weighted by atomic mass is 10.1. The molecular weight excluding hydrogens is 272 g/mol. The van der Waals surface area contributed by atoms with E-state index in [1.54, 1.807) is 11.3 Å². The van der Waals surface area contributed by atoms with Gasteiger partial charge in [0.05, 0.1) is 6.54 Å². The van der Waals surface area contributed by atoms with E-state index in [4.69, 9.17) is 4.42 Å². The van der Waals surface area contributed by atoms with E-state index in [0.717, 1.165) is 26.7 Å². The van der Waals surface area contributed by atoms with Gasteiger partial charge in [0.25, 0.3) is 6.01 Å². The van der Waals surface area contributed by atoms with E-state index in [0.29, 0.717) is 12.6 Å².